The number of halogens is 2. The lowest BCUT2D eigenvalue weighted by atomic mass is 9.85. The zero-order chi connectivity index (χ0) is 13.3. The fourth-order valence-corrected chi connectivity index (χ4v) is 2.71. The zero-order valence-corrected chi connectivity index (χ0v) is 14.0. The Hall–Kier alpha value is -0.600. The normalized spacial score (nSPS) is 11.6. The Morgan fingerprint density at radius 2 is 1.61 bits per heavy atom. The first-order valence-corrected chi connectivity index (χ1v) is 7.52. The largest absolute Gasteiger partial charge is 0.0614 e. The molecule has 0 spiro atoms. The van der Waals surface area contributed by atoms with Crippen LogP contribution in [0.1, 0.15) is 26.3 Å². The van der Waals surface area contributed by atoms with Gasteiger partial charge in [0.1, 0.15) is 0 Å². The number of hydrogen-bond acceptors (Lipinski definition) is 0. The van der Waals surface area contributed by atoms with E-state index in [1.54, 1.807) is 0 Å². The SMILES string of the molecule is CC(C)(C)c1cccc(-c2cc(Br)ccc2Br)c1. The van der Waals surface area contributed by atoms with Crippen molar-refractivity contribution in [1.29, 1.82) is 0 Å². The fraction of sp³-hybridized carbons (Fsp3) is 0.250. The van der Waals surface area contributed by atoms with Gasteiger partial charge in [0, 0.05) is 8.95 Å². The van der Waals surface area contributed by atoms with E-state index in [9.17, 15) is 0 Å². The van der Waals surface area contributed by atoms with Crippen molar-refractivity contribution in [3.05, 3.63) is 57.0 Å². The lowest BCUT2D eigenvalue weighted by Gasteiger charge is -2.20. The van der Waals surface area contributed by atoms with Gasteiger partial charge in [0.05, 0.1) is 0 Å². The molecule has 0 aliphatic heterocycles. The molecule has 0 fully saturated rings. The van der Waals surface area contributed by atoms with Gasteiger partial charge in [-0.2, -0.15) is 0 Å². The zero-order valence-electron chi connectivity index (χ0n) is 10.8. The van der Waals surface area contributed by atoms with E-state index in [-0.39, 0.29) is 5.41 Å². The Morgan fingerprint density at radius 3 is 2.28 bits per heavy atom. The first kappa shape index (κ1) is 13.8. The highest BCUT2D eigenvalue weighted by molar-refractivity contribution is 9.11. The van der Waals surface area contributed by atoms with Crippen molar-refractivity contribution >= 4 is 31.9 Å². The molecule has 0 nitrogen and oxygen atoms in total. The van der Waals surface area contributed by atoms with E-state index in [1.807, 2.05) is 6.07 Å². The number of rotatable bonds is 1. The van der Waals surface area contributed by atoms with Crippen LogP contribution in [0.5, 0.6) is 0 Å². The monoisotopic (exact) mass is 366 g/mol. The third kappa shape index (κ3) is 3.04. The van der Waals surface area contributed by atoms with Crippen LogP contribution >= 0.6 is 31.9 Å². The van der Waals surface area contributed by atoms with Crippen LogP contribution in [-0.4, -0.2) is 0 Å². The predicted molar refractivity (Wildman–Crippen MR) is 86.0 cm³/mol. The number of benzene rings is 2. The summed E-state index contributed by atoms with van der Waals surface area (Å²) in [6, 6.07) is 15.0. The lowest BCUT2D eigenvalue weighted by molar-refractivity contribution is 0.590. The van der Waals surface area contributed by atoms with E-state index in [0.717, 1.165) is 8.95 Å². The van der Waals surface area contributed by atoms with Crippen molar-refractivity contribution in [3.63, 3.8) is 0 Å². The van der Waals surface area contributed by atoms with Crippen LogP contribution in [-0.2, 0) is 5.41 Å². The van der Waals surface area contributed by atoms with Gasteiger partial charge in [0.25, 0.3) is 0 Å². The minimum atomic E-state index is 0.175. The molecule has 0 saturated carbocycles. The second kappa shape index (κ2) is 5.18. The summed E-state index contributed by atoms with van der Waals surface area (Å²) in [4.78, 5) is 0. The minimum absolute atomic E-state index is 0.175. The van der Waals surface area contributed by atoms with E-state index in [4.69, 9.17) is 0 Å². The van der Waals surface area contributed by atoms with E-state index >= 15 is 0 Å². The van der Waals surface area contributed by atoms with Crippen LogP contribution in [0, 0.1) is 0 Å². The van der Waals surface area contributed by atoms with Crippen molar-refractivity contribution in [2.45, 2.75) is 26.2 Å². The van der Waals surface area contributed by atoms with Gasteiger partial charge in [-0.1, -0.05) is 76.9 Å². The summed E-state index contributed by atoms with van der Waals surface area (Å²) >= 11 is 7.15. The highest BCUT2D eigenvalue weighted by atomic mass is 79.9. The Bertz CT molecular complexity index is 566. The third-order valence-electron chi connectivity index (χ3n) is 2.97. The first-order valence-electron chi connectivity index (χ1n) is 5.94. The van der Waals surface area contributed by atoms with Crippen LogP contribution in [0.3, 0.4) is 0 Å². The molecule has 0 N–H and O–H groups in total. The van der Waals surface area contributed by atoms with Gasteiger partial charge in [-0.15, -0.1) is 0 Å². The third-order valence-corrected chi connectivity index (χ3v) is 4.15. The first-order chi connectivity index (χ1) is 8.38. The van der Waals surface area contributed by atoms with E-state index < -0.39 is 0 Å². The van der Waals surface area contributed by atoms with E-state index in [0.29, 0.717) is 0 Å². The molecular formula is C16H16Br2. The molecule has 18 heavy (non-hydrogen) atoms. The average Bonchev–Trinajstić information content (AvgIpc) is 2.31. The van der Waals surface area contributed by atoms with Gasteiger partial charge in [0.15, 0.2) is 0 Å². The second-order valence-electron chi connectivity index (χ2n) is 5.45. The topological polar surface area (TPSA) is 0 Å². The summed E-state index contributed by atoms with van der Waals surface area (Å²) in [5.41, 5.74) is 3.99. The molecule has 2 rings (SSSR count). The molecule has 0 aliphatic carbocycles. The molecule has 0 amide bonds. The van der Waals surface area contributed by atoms with Crippen molar-refractivity contribution < 1.29 is 0 Å². The van der Waals surface area contributed by atoms with Crippen molar-refractivity contribution in [3.8, 4) is 11.1 Å². The summed E-state index contributed by atoms with van der Waals surface area (Å²) < 4.78 is 2.22. The quantitative estimate of drug-likeness (QED) is 0.564. The Labute approximate surface area is 126 Å². The highest BCUT2D eigenvalue weighted by Gasteiger charge is 2.14. The predicted octanol–water partition coefficient (Wildman–Crippen LogP) is 6.18. The van der Waals surface area contributed by atoms with Gasteiger partial charge in [-0.3, -0.25) is 0 Å². The molecule has 0 bridgehead atoms. The molecule has 2 heteroatoms. The van der Waals surface area contributed by atoms with Crippen LogP contribution in [0.25, 0.3) is 11.1 Å². The summed E-state index contributed by atoms with van der Waals surface area (Å²) in [7, 11) is 0. The Morgan fingerprint density at radius 1 is 0.889 bits per heavy atom. The van der Waals surface area contributed by atoms with Crippen molar-refractivity contribution in [2.24, 2.45) is 0 Å². The number of hydrogen-bond donors (Lipinski definition) is 0. The summed E-state index contributed by atoms with van der Waals surface area (Å²) in [6.45, 7) is 6.71. The molecule has 94 valence electrons. The van der Waals surface area contributed by atoms with E-state index in [2.05, 4.69) is 89.0 Å². The smallest absolute Gasteiger partial charge is 0.0254 e. The maximum absolute atomic E-state index is 3.62. The maximum atomic E-state index is 3.62. The van der Waals surface area contributed by atoms with Gasteiger partial charge in [-0.05, 0) is 40.3 Å². The van der Waals surface area contributed by atoms with Crippen molar-refractivity contribution in [1.82, 2.24) is 0 Å². The van der Waals surface area contributed by atoms with Gasteiger partial charge >= 0.3 is 0 Å². The highest BCUT2D eigenvalue weighted by Crippen LogP contribution is 2.33. The molecular weight excluding hydrogens is 352 g/mol. The molecule has 0 aromatic heterocycles. The molecule has 0 radical (unpaired) electrons. The molecule has 0 unspecified atom stereocenters. The Balaban J connectivity index is 2.55. The fourth-order valence-electron chi connectivity index (χ4n) is 1.87. The second-order valence-corrected chi connectivity index (χ2v) is 7.22. The molecule has 0 saturated heterocycles. The minimum Gasteiger partial charge on any atom is -0.0614 e. The van der Waals surface area contributed by atoms with Gasteiger partial charge in [-0.25, -0.2) is 0 Å². The van der Waals surface area contributed by atoms with Gasteiger partial charge in [0.2, 0.25) is 0 Å². The Kier molecular flexibility index (Phi) is 3.98. The maximum Gasteiger partial charge on any atom is 0.0254 e. The average molecular weight is 368 g/mol. The molecule has 2 aromatic rings. The lowest BCUT2D eigenvalue weighted by Crippen LogP contribution is -2.10. The summed E-state index contributed by atoms with van der Waals surface area (Å²) in [5.74, 6) is 0. The van der Waals surface area contributed by atoms with Crippen molar-refractivity contribution in [2.75, 3.05) is 0 Å². The van der Waals surface area contributed by atoms with E-state index in [1.165, 1.54) is 16.7 Å². The summed E-state index contributed by atoms with van der Waals surface area (Å²) in [6.07, 6.45) is 0. The van der Waals surface area contributed by atoms with Crippen LogP contribution in [0.2, 0.25) is 0 Å². The summed E-state index contributed by atoms with van der Waals surface area (Å²) in [5, 5.41) is 0. The molecule has 0 aliphatic rings. The van der Waals surface area contributed by atoms with Crippen LogP contribution < -0.4 is 0 Å². The standard InChI is InChI=1S/C16H16Br2/c1-16(2,3)12-6-4-5-11(9-12)14-10-13(17)7-8-15(14)18/h4-10H,1-3H3. The molecule has 0 atom stereocenters. The van der Waals surface area contributed by atoms with Gasteiger partial charge < -0.3 is 0 Å². The van der Waals surface area contributed by atoms with Crippen LogP contribution in [0.4, 0.5) is 0 Å². The molecule has 0 heterocycles. The molecule has 2 aromatic carbocycles. The van der Waals surface area contributed by atoms with Crippen LogP contribution in [0.15, 0.2) is 51.4 Å².